The molecule has 5 nitrogen and oxygen atoms in total. The van der Waals surface area contributed by atoms with E-state index < -0.39 is 0 Å². The van der Waals surface area contributed by atoms with E-state index in [-0.39, 0.29) is 0 Å². The molecular formula is C25H34N2O3S. The van der Waals surface area contributed by atoms with E-state index in [0.29, 0.717) is 17.2 Å². The molecule has 2 aromatic carbocycles. The van der Waals surface area contributed by atoms with E-state index >= 15 is 0 Å². The Bertz CT molecular complexity index is 975. The van der Waals surface area contributed by atoms with Crippen LogP contribution in [0, 0.1) is 0 Å². The number of nitrogens with zero attached hydrogens (tertiary/aromatic N) is 2. The average Bonchev–Trinajstić information content (AvgIpc) is 3.17. The van der Waals surface area contributed by atoms with Gasteiger partial charge < -0.3 is 18.8 Å². The lowest BCUT2D eigenvalue weighted by Gasteiger charge is -2.15. The number of hydrogen-bond donors (Lipinski definition) is 0. The van der Waals surface area contributed by atoms with Crippen LogP contribution in [0.25, 0.3) is 22.4 Å². The number of ether oxygens (including phenoxy) is 3. The van der Waals surface area contributed by atoms with Crippen molar-refractivity contribution in [3.05, 3.63) is 30.3 Å². The van der Waals surface area contributed by atoms with Gasteiger partial charge in [0.05, 0.1) is 32.4 Å². The highest BCUT2D eigenvalue weighted by Gasteiger charge is 2.19. The van der Waals surface area contributed by atoms with Gasteiger partial charge in [-0.05, 0) is 48.9 Å². The van der Waals surface area contributed by atoms with E-state index in [4.69, 9.17) is 19.2 Å². The molecule has 1 heterocycles. The molecule has 31 heavy (non-hydrogen) atoms. The summed E-state index contributed by atoms with van der Waals surface area (Å²) in [6.45, 7) is 5.39. The predicted molar refractivity (Wildman–Crippen MR) is 130 cm³/mol. The van der Waals surface area contributed by atoms with Crippen molar-refractivity contribution in [3.8, 4) is 28.6 Å². The van der Waals surface area contributed by atoms with Crippen LogP contribution < -0.4 is 14.2 Å². The van der Waals surface area contributed by atoms with Gasteiger partial charge in [0.1, 0.15) is 5.82 Å². The molecule has 1 aromatic heterocycles. The Labute approximate surface area is 190 Å². The topological polar surface area (TPSA) is 45.5 Å². The zero-order chi connectivity index (χ0) is 22.2. The SMILES string of the molecule is CCCCCCn1c(-c2cc(OC)c(OC)c(OC)c2)nc2ccc(SCCC)cc21. The second kappa shape index (κ2) is 11.3. The summed E-state index contributed by atoms with van der Waals surface area (Å²) in [5.41, 5.74) is 3.16. The largest absolute Gasteiger partial charge is 0.493 e. The molecule has 0 aliphatic heterocycles. The Morgan fingerprint density at radius 1 is 0.871 bits per heavy atom. The molecule has 0 unspecified atom stereocenters. The fourth-order valence-corrected chi connectivity index (χ4v) is 4.56. The maximum Gasteiger partial charge on any atom is 0.203 e. The fourth-order valence-electron chi connectivity index (χ4n) is 3.77. The van der Waals surface area contributed by atoms with Crippen LogP contribution >= 0.6 is 11.8 Å². The van der Waals surface area contributed by atoms with Crippen LogP contribution in [0.5, 0.6) is 17.2 Å². The molecule has 0 spiro atoms. The minimum Gasteiger partial charge on any atom is -0.493 e. The number of aromatic nitrogens is 2. The van der Waals surface area contributed by atoms with Gasteiger partial charge in [-0.1, -0.05) is 33.1 Å². The van der Waals surface area contributed by atoms with Gasteiger partial charge in [0, 0.05) is 17.0 Å². The number of fused-ring (bicyclic) bond motifs is 1. The summed E-state index contributed by atoms with van der Waals surface area (Å²) in [5, 5.41) is 0. The van der Waals surface area contributed by atoms with Crippen molar-refractivity contribution < 1.29 is 14.2 Å². The summed E-state index contributed by atoms with van der Waals surface area (Å²) in [6, 6.07) is 10.6. The number of aryl methyl sites for hydroxylation is 1. The third-order valence-electron chi connectivity index (χ3n) is 5.35. The Kier molecular flexibility index (Phi) is 8.52. The molecule has 0 aliphatic carbocycles. The van der Waals surface area contributed by atoms with Crippen LogP contribution in [0.15, 0.2) is 35.2 Å². The second-order valence-corrected chi connectivity index (χ2v) is 8.73. The minimum absolute atomic E-state index is 0.595. The van der Waals surface area contributed by atoms with Gasteiger partial charge in [-0.25, -0.2) is 4.98 Å². The molecule has 0 radical (unpaired) electrons. The summed E-state index contributed by atoms with van der Waals surface area (Å²) in [6.07, 6.45) is 5.99. The van der Waals surface area contributed by atoms with Crippen LogP contribution in [0.4, 0.5) is 0 Å². The first kappa shape index (κ1) is 23.3. The van der Waals surface area contributed by atoms with E-state index in [0.717, 1.165) is 42.0 Å². The number of hydrogen-bond acceptors (Lipinski definition) is 5. The van der Waals surface area contributed by atoms with E-state index in [1.807, 2.05) is 23.9 Å². The first-order chi connectivity index (χ1) is 15.2. The molecule has 168 valence electrons. The molecule has 3 aromatic rings. The van der Waals surface area contributed by atoms with Gasteiger partial charge in [-0.2, -0.15) is 0 Å². The molecule has 3 rings (SSSR count). The molecule has 0 atom stereocenters. The van der Waals surface area contributed by atoms with Crippen LogP contribution in [0.3, 0.4) is 0 Å². The molecule has 0 aliphatic rings. The van der Waals surface area contributed by atoms with Crippen molar-refractivity contribution in [2.75, 3.05) is 27.1 Å². The molecule has 0 N–H and O–H groups in total. The number of unbranched alkanes of at least 4 members (excludes halogenated alkanes) is 3. The maximum absolute atomic E-state index is 5.59. The molecule has 0 saturated heterocycles. The lowest BCUT2D eigenvalue weighted by Crippen LogP contribution is -2.02. The minimum atomic E-state index is 0.595. The number of imidazole rings is 1. The van der Waals surface area contributed by atoms with Crippen molar-refractivity contribution in [2.45, 2.75) is 57.4 Å². The molecule has 0 bridgehead atoms. The summed E-state index contributed by atoms with van der Waals surface area (Å²) in [7, 11) is 4.91. The highest BCUT2D eigenvalue weighted by atomic mass is 32.2. The van der Waals surface area contributed by atoms with Crippen LogP contribution in [0.1, 0.15) is 46.0 Å². The van der Waals surface area contributed by atoms with Crippen molar-refractivity contribution in [1.82, 2.24) is 9.55 Å². The normalized spacial score (nSPS) is 11.1. The summed E-state index contributed by atoms with van der Waals surface area (Å²) in [5.74, 6) is 3.93. The van der Waals surface area contributed by atoms with Crippen molar-refractivity contribution in [2.24, 2.45) is 0 Å². The van der Waals surface area contributed by atoms with Gasteiger partial charge in [-0.3, -0.25) is 0 Å². The van der Waals surface area contributed by atoms with Gasteiger partial charge >= 0.3 is 0 Å². The highest BCUT2D eigenvalue weighted by molar-refractivity contribution is 7.99. The first-order valence-corrected chi connectivity index (χ1v) is 12.1. The quantitative estimate of drug-likeness (QED) is 0.228. The fraction of sp³-hybridized carbons (Fsp3) is 0.480. The highest BCUT2D eigenvalue weighted by Crippen LogP contribution is 2.41. The van der Waals surface area contributed by atoms with Crippen molar-refractivity contribution >= 4 is 22.8 Å². The lowest BCUT2D eigenvalue weighted by atomic mass is 10.1. The number of thioether (sulfide) groups is 1. The van der Waals surface area contributed by atoms with E-state index in [1.165, 1.54) is 29.7 Å². The second-order valence-electron chi connectivity index (χ2n) is 7.56. The van der Waals surface area contributed by atoms with Gasteiger partial charge in [-0.15, -0.1) is 11.8 Å². The predicted octanol–water partition coefficient (Wildman–Crippen LogP) is 6.81. The van der Waals surface area contributed by atoms with Crippen molar-refractivity contribution in [1.29, 1.82) is 0 Å². The van der Waals surface area contributed by atoms with Crippen LogP contribution in [-0.4, -0.2) is 36.6 Å². The molecule has 0 saturated carbocycles. The van der Waals surface area contributed by atoms with E-state index in [2.05, 4.69) is 36.6 Å². The number of rotatable bonds is 12. The van der Waals surface area contributed by atoms with E-state index in [1.54, 1.807) is 21.3 Å². The average molecular weight is 443 g/mol. The van der Waals surface area contributed by atoms with E-state index in [9.17, 15) is 0 Å². The molecule has 0 fully saturated rings. The Morgan fingerprint density at radius 2 is 1.61 bits per heavy atom. The van der Waals surface area contributed by atoms with Gasteiger partial charge in [0.25, 0.3) is 0 Å². The third kappa shape index (κ3) is 5.29. The van der Waals surface area contributed by atoms with Gasteiger partial charge in [0.15, 0.2) is 11.5 Å². The zero-order valence-corrected chi connectivity index (χ0v) is 20.2. The molecular weight excluding hydrogens is 408 g/mol. The summed E-state index contributed by atoms with van der Waals surface area (Å²) >= 11 is 1.90. The Morgan fingerprint density at radius 3 is 2.23 bits per heavy atom. The standard InChI is InChI=1S/C25H34N2O3S/c1-6-8-9-10-13-27-21-17-19(31-14-7-2)11-12-20(21)26-25(27)18-15-22(28-3)24(30-5)23(16-18)29-4/h11-12,15-17H,6-10,13-14H2,1-5H3. The number of methoxy groups -OCH3 is 3. The van der Waals surface area contributed by atoms with Crippen LogP contribution in [0.2, 0.25) is 0 Å². The smallest absolute Gasteiger partial charge is 0.203 e. The van der Waals surface area contributed by atoms with Crippen LogP contribution in [-0.2, 0) is 6.54 Å². The lowest BCUT2D eigenvalue weighted by molar-refractivity contribution is 0.324. The molecule has 0 amide bonds. The Hall–Kier alpha value is -2.34. The summed E-state index contributed by atoms with van der Waals surface area (Å²) in [4.78, 5) is 6.30. The Balaban J connectivity index is 2.11. The third-order valence-corrected chi connectivity index (χ3v) is 6.55. The first-order valence-electron chi connectivity index (χ1n) is 11.1. The number of benzene rings is 2. The maximum atomic E-state index is 5.59. The monoisotopic (exact) mass is 442 g/mol. The molecule has 6 heteroatoms. The van der Waals surface area contributed by atoms with Crippen molar-refractivity contribution in [3.63, 3.8) is 0 Å². The zero-order valence-electron chi connectivity index (χ0n) is 19.4. The summed E-state index contributed by atoms with van der Waals surface area (Å²) < 4.78 is 19.0. The van der Waals surface area contributed by atoms with Gasteiger partial charge in [0.2, 0.25) is 5.75 Å².